The first-order valence-electron chi connectivity index (χ1n) is 3.79. The van der Waals surface area contributed by atoms with E-state index in [0.717, 1.165) is 0 Å². The van der Waals surface area contributed by atoms with Gasteiger partial charge in [-0.1, -0.05) is 22.9 Å². The fourth-order valence-corrected chi connectivity index (χ4v) is 1.09. The second-order valence-electron chi connectivity index (χ2n) is 2.40. The number of halogens is 2. The normalized spacial score (nSPS) is 9.77. The van der Waals surface area contributed by atoms with E-state index in [1.807, 2.05) is 0 Å². The Morgan fingerprint density at radius 1 is 1.62 bits per heavy atom. The van der Waals surface area contributed by atoms with Crippen LogP contribution in [0.2, 0.25) is 0 Å². The van der Waals surface area contributed by atoms with Gasteiger partial charge in [-0.15, -0.1) is 0 Å². The van der Waals surface area contributed by atoms with E-state index in [2.05, 4.69) is 15.9 Å². The highest BCUT2D eigenvalue weighted by atomic mass is 79.9. The van der Waals surface area contributed by atoms with Gasteiger partial charge in [-0.2, -0.15) is 0 Å². The summed E-state index contributed by atoms with van der Waals surface area (Å²) >= 11 is 3.10. The van der Waals surface area contributed by atoms with Crippen LogP contribution >= 0.6 is 15.9 Å². The predicted molar refractivity (Wildman–Crippen MR) is 50.0 cm³/mol. The highest BCUT2D eigenvalue weighted by Crippen LogP contribution is 2.21. The molecule has 1 aromatic rings. The number of carbonyl (C=O) groups excluding carboxylic acids is 1. The van der Waals surface area contributed by atoms with Crippen molar-refractivity contribution in [3.05, 3.63) is 28.5 Å². The van der Waals surface area contributed by atoms with E-state index in [4.69, 9.17) is 4.74 Å². The molecule has 0 aliphatic heterocycles. The molecule has 0 amide bonds. The zero-order valence-corrected chi connectivity index (χ0v) is 8.60. The molecule has 0 radical (unpaired) electrons. The molecule has 70 valence electrons. The SMILES string of the molecule is CCC(=O)Oc1ccc(Br)cc1F. The Morgan fingerprint density at radius 2 is 2.31 bits per heavy atom. The summed E-state index contributed by atoms with van der Waals surface area (Å²) < 4.78 is 18.4. The van der Waals surface area contributed by atoms with Crippen molar-refractivity contribution in [1.82, 2.24) is 0 Å². The van der Waals surface area contributed by atoms with E-state index in [1.165, 1.54) is 12.1 Å². The third-order valence-corrected chi connectivity index (χ3v) is 1.90. The van der Waals surface area contributed by atoms with E-state index in [-0.39, 0.29) is 12.2 Å². The van der Waals surface area contributed by atoms with Gasteiger partial charge < -0.3 is 4.74 Å². The lowest BCUT2D eigenvalue weighted by atomic mass is 10.3. The largest absolute Gasteiger partial charge is 0.423 e. The molecule has 0 saturated heterocycles. The van der Waals surface area contributed by atoms with Gasteiger partial charge in [0.1, 0.15) is 0 Å². The molecule has 13 heavy (non-hydrogen) atoms. The van der Waals surface area contributed by atoms with Crippen molar-refractivity contribution in [3.8, 4) is 5.75 Å². The smallest absolute Gasteiger partial charge is 0.310 e. The first kappa shape index (κ1) is 10.2. The molecule has 0 fully saturated rings. The summed E-state index contributed by atoms with van der Waals surface area (Å²) in [7, 11) is 0. The Hall–Kier alpha value is -0.900. The van der Waals surface area contributed by atoms with Crippen LogP contribution in [0, 0.1) is 5.82 Å². The van der Waals surface area contributed by atoms with Crippen LogP contribution in [-0.2, 0) is 4.79 Å². The van der Waals surface area contributed by atoms with Gasteiger partial charge in [0.2, 0.25) is 0 Å². The zero-order chi connectivity index (χ0) is 9.84. The molecule has 0 heterocycles. The van der Waals surface area contributed by atoms with Crippen LogP contribution in [0.15, 0.2) is 22.7 Å². The van der Waals surface area contributed by atoms with Gasteiger partial charge in [0, 0.05) is 10.9 Å². The van der Waals surface area contributed by atoms with Crippen LogP contribution < -0.4 is 4.74 Å². The van der Waals surface area contributed by atoms with Gasteiger partial charge in [-0.05, 0) is 18.2 Å². The Balaban J connectivity index is 2.83. The van der Waals surface area contributed by atoms with Crippen molar-refractivity contribution in [3.63, 3.8) is 0 Å². The lowest BCUT2D eigenvalue weighted by Gasteiger charge is -2.03. The Morgan fingerprint density at radius 3 is 2.85 bits per heavy atom. The standard InChI is InChI=1S/C9H8BrFO2/c1-2-9(12)13-8-4-3-6(10)5-7(8)11/h3-5H,2H2,1H3. The average molecular weight is 247 g/mol. The first-order chi connectivity index (χ1) is 6.13. The lowest BCUT2D eigenvalue weighted by Crippen LogP contribution is -2.06. The Bertz CT molecular complexity index is 325. The number of hydrogen-bond donors (Lipinski definition) is 0. The third kappa shape index (κ3) is 2.81. The minimum Gasteiger partial charge on any atom is -0.423 e. The number of ether oxygens (including phenoxy) is 1. The molecule has 0 atom stereocenters. The molecule has 1 rings (SSSR count). The van der Waals surface area contributed by atoms with Crippen molar-refractivity contribution in [1.29, 1.82) is 0 Å². The minimum absolute atomic E-state index is 0.0324. The van der Waals surface area contributed by atoms with Gasteiger partial charge in [0.15, 0.2) is 11.6 Å². The van der Waals surface area contributed by atoms with Gasteiger partial charge in [0.25, 0.3) is 0 Å². The summed E-state index contributed by atoms with van der Waals surface area (Å²) in [5.74, 6) is -1.02. The second kappa shape index (κ2) is 4.37. The molecule has 1 aromatic carbocycles. The van der Waals surface area contributed by atoms with Crippen LogP contribution in [-0.4, -0.2) is 5.97 Å². The molecule has 0 N–H and O–H groups in total. The summed E-state index contributed by atoms with van der Waals surface area (Å²) in [5, 5.41) is 0. The molecule has 0 aliphatic rings. The monoisotopic (exact) mass is 246 g/mol. The van der Waals surface area contributed by atoms with E-state index in [1.54, 1.807) is 13.0 Å². The lowest BCUT2D eigenvalue weighted by molar-refractivity contribution is -0.134. The first-order valence-corrected chi connectivity index (χ1v) is 4.58. The molecular formula is C9H8BrFO2. The molecule has 0 bridgehead atoms. The van der Waals surface area contributed by atoms with E-state index in [9.17, 15) is 9.18 Å². The molecule has 0 saturated carbocycles. The van der Waals surface area contributed by atoms with E-state index < -0.39 is 11.8 Å². The molecule has 2 nitrogen and oxygen atoms in total. The number of hydrogen-bond acceptors (Lipinski definition) is 2. The van der Waals surface area contributed by atoms with Gasteiger partial charge >= 0.3 is 5.97 Å². The number of esters is 1. The van der Waals surface area contributed by atoms with Gasteiger partial charge in [0.05, 0.1) is 0 Å². The average Bonchev–Trinajstić information content (AvgIpc) is 2.09. The fourth-order valence-electron chi connectivity index (χ4n) is 0.753. The maximum atomic E-state index is 13.0. The summed E-state index contributed by atoms with van der Waals surface area (Å²) in [6.07, 6.45) is 0.232. The van der Waals surface area contributed by atoms with Crippen molar-refractivity contribution in [2.24, 2.45) is 0 Å². The summed E-state index contributed by atoms with van der Waals surface area (Å²) in [6, 6.07) is 4.27. The Labute approximate surface area is 83.8 Å². The maximum Gasteiger partial charge on any atom is 0.310 e. The van der Waals surface area contributed by atoms with Crippen LogP contribution in [0.4, 0.5) is 4.39 Å². The highest BCUT2D eigenvalue weighted by Gasteiger charge is 2.07. The van der Waals surface area contributed by atoms with E-state index in [0.29, 0.717) is 4.47 Å². The second-order valence-corrected chi connectivity index (χ2v) is 3.32. The molecule has 0 spiro atoms. The molecular weight excluding hydrogens is 239 g/mol. The fraction of sp³-hybridized carbons (Fsp3) is 0.222. The molecule has 4 heteroatoms. The van der Waals surface area contributed by atoms with Crippen LogP contribution in [0.3, 0.4) is 0 Å². The maximum absolute atomic E-state index is 13.0. The summed E-state index contributed by atoms with van der Waals surface area (Å²) in [4.78, 5) is 10.8. The minimum atomic E-state index is -0.545. The molecule has 0 aromatic heterocycles. The molecule has 0 unspecified atom stereocenters. The van der Waals surface area contributed by atoms with Crippen LogP contribution in [0.1, 0.15) is 13.3 Å². The van der Waals surface area contributed by atoms with E-state index >= 15 is 0 Å². The van der Waals surface area contributed by atoms with Crippen molar-refractivity contribution >= 4 is 21.9 Å². The van der Waals surface area contributed by atoms with Crippen molar-refractivity contribution in [2.75, 3.05) is 0 Å². The van der Waals surface area contributed by atoms with Gasteiger partial charge in [-0.25, -0.2) is 4.39 Å². The third-order valence-electron chi connectivity index (χ3n) is 1.41. The number of carbonyl (C=O) groups is 1. The van der Waals surface area contributed by atoms with Crippen molar-refractivity contribution in [2.45, 2.75) is 13.3 Å². The predicted octanol–water partition coefficient (Wildman–Crippen LogP) is 2.90. The number of rotatable bonds is 2. The van der Waals surface area contributed by atoms with Crippen LogP contribution in [0.5, 0.6) is 5.75 Å². The highest BCUT2D eigenvalue weighted by molar-refractivity contribution is 9.10. The van der Waals surface area contributed by atoms with Crippen LogP contribution in [0.25, 0.3) is 0 Å². The van der Waals surface area contributed by atoms with Crippen molar-refractivity contribution < 1.29 is 13.9 Å². The number of benzene rings is 1. The topological polar surface area (TPSA) is 26.3 Å². The zero-order valence-electron chi connectivity index (χ0n) is 7.01. The molecule has 0 aliphatic carbocycles. The quantitative estimate of drug-likeness (QED) is 0.593. The Kier molecular flexibility index (Phi) is 3.42. The summed E-state index contributed by atoms with van der Waals surface area (Å²) in [6.45, 7) is 1.65. The summed E-state index contributed by atoms with van der Waals surface area (Å²) in [5.41, 5.74) is 0. The van der Waals surface area contributed by atoms with Gasteiger partial charge in [-0.3, -0.25) is 4.79 Å².